The molecule has 2 atom stereocenters. The molecule has 1 aliphatic carbocycles. The predicted octanol–water partition coefficient (Wildman–Crippen LogP) is 4.17. The van der Waals surface area contributed by atoms with E-state index >= 15 is 0 Å². The largest absolute Gasteiger partial charge is 0.373 e. The SMILES string of the molecule is CCNC(c1ccccc1C1CCC1)C1(C)CCCO1. The fourth-order valence-corrected chi connectivity index (χ4v) is 3.75. The number of hydrogen-bond acceptors (Lipinski definition) is 2. The number of ether oxygens (including phenoxy) is 1. The maximum absolute atomic E-state index is 6.13. The first-order valence-electron chi connectivity index (χ1n) is 8.21. The summed E-state index contributed by atoms with van der Waals surface area (Å²) in [7, 11) is 0. The van der Waals surface area contributed by atoms with Gasteiger partial charge in [-0.05, 0) is 56.2 Å². The van der Waals surface area contributed by atoms with E-state index in [-0.39, 0.29) is 5.60 Å². The minimum atomic E-state index is -0.0458. The van der Waals surface area contributed by atoms with E-state index in [1.807, 2.05) is 0 Å². The zero-order valence-corrected chi connectivity index (χ0v) is 12.8. The van der Waals surface area contributed by atoms with Crippen LogP contribution in [-0.2, 0) is 4.74 Å². The van der Waals surface area contributed by atoms with Crippen LogP contribution in [0.1, 0.15) is 69.0 Å². The van der Waals surface area contributed by atoms with E-state index in [4.69, 9.17) is 4.74 Å². The van der Waals surface area contributed by atoms with Crippen molar-refractivity contribution in [1.29, 1.82) is 0 Å². The zero-order valence-electron chi connectivity index (χ0n) is 12.8. The Morgan fingerprint density at radius 2 is 2.10 bits per heavy atom. The number of benzene rings is 1. The first-order valence-corrected chi connectivity index (χ1v) is 8.21. The highest BCUT2D eigenvalue weighted by molar-refractivity contribution is 5.36. The molecular weight excluding hydrogens is 246 g/mol. The Balaban J connectivity index is 1.94. The summed E-state index contributed by atoms with van der Waals surface area (Å²) in [6.07, 6.45) is 6.44. The quantitative estimate of drug-likeness (QED) is 0.869. The van der Waals surface area contributed by atoms with Crippen LogP contribution in [0.5, 0.6) is 0 Å². The van der Waals surface area contributed by atoms with Crippen LogP contribution in [-0.4, -0.2) is 18.8 Å². The molecule has 0 radical (unpaired) electrons. The summed E-state index contributed by atoms with van der Waals surface area (Å²) in [5, 5.41) is 3.70. The summed E-state index contributed by atoms with van der Waals surface area (Å²) in [6, 6.07) is 9.35. The third-order valence-electron chi connectivity index (χ3n) is 5.12. The molecule has 1 N–H and O–H groups in total. The molecular formula is C18H27NO. The molecule has 0 aromatic heterocycles. The summed E-state index contributed by atoms with van der Waals surface area (Å²) in [6.45, 7) is 6.37. The van der Waals surface area contributed by atoms with Gasteiger partial charge in [-0.15, -0.1) is 0 Å². The molecule has 0 spiro atoms. The molecule has 2 heteroatoms. The highest BCUT2D eigenvalue weighted by Crippen LogP contribution is 2.44. The van der Waals surface area contributed by atoms with E-state index in [0.717, 1.165) is 25.5 Å². The molecule has 1 aromatic rings. The summed E-state index contributed by atoms with van der Waals surface area (Å²) >= 11 is 0. The van der Waals surface area contributed by atoms with Gasteiger partial charge in [0, 0.05) is 6.61 Å². The van der Waals surface area contributed by atoms with Gasteiger partial charge in [0.25, 0.3) is 0 Å². The molecule has 110 valence electrons. The molecule has 1 aromatic carbocycles. The predicted molar refractivity (Wildman–Crippen MR) is 83.0 cm³/mol. The summed E-state index contributed by atoms with van der Waals surface area (Å²) in [4.78, 5) is 0. The van der Waals surface area contributed by atoms with E-state index in [1.165, 1.54) is 31.2 Å². The molecule has 2 fully saturated rings. The van der Waals surface area contributed by atoms with Crippen LogP contribution in [0.3, 0.4) is 0 Å². The van der Waals surface area contributed by atoms with Crippen molar-refractivity contribution in [2.24, 2.45) is 0 Å². The second kappa shape index (κ2) is 5.87. The van der Waals surface area contributed by atoms with Gasteiger partial charge in [0.15, 0.2) is 0 Å². The van der Waals surface area contributed by atoms with Crippen molar-refractivity contribution < 1.29 is 4.74 Å². The van der Waals surface area contributed by atoms with Crippen molar-refractivity contribution >= 4 is 0 Å². The highest BCUT2D eigenvalue weighted by Gasteiger charge is 2.40. The van der Waals surface area contributed by atoms with Gasteiger partial charge in [-0.1, -0.05) is 37.6 Å². The normalized spacial score (nSPS) is 28.3. The van der Waals surface area contributed by atoms with Gasteiger partial charge in [0.2, 0.25) is 0 Å². The van der Waals surface area contributed by atoms with Gasteiger partial charge in [-0.3, -0.25) is 0 Å². The molecule has 1 aliphatic heterocycles. The average molecular weight is 273 g/mol. The topological polar surface area (TPSA) is 21.3 Å². The molecule has 2 nitrogen and oxygen atoms in total. The Labute approximate surface area is 122 Å². The number of hydrogen-bond donors (Lipinski definition) is 1. The van der Waals surface area contributed by atoms with Gasteiger partial charge < -0.3 is 10.1 Å². The van der Waals surface area contributed by atoms with Gasteiger partial charge in [-0.25, -0.2) is 0 Å². The molecule has 3 rings (SSSR count). The monoisotopic (exact) mass is 273 g/mol. The Hall–Kier alpha value is -0.860. The van der Waals surface area contributed by atoms with E-state index < -0.39 is 0 Å². The van der Waals surface area contributed by atoms with Crippen molar-refractivity contribution in [3.05, 3.63) is 35.4 Å². The fraction of sp³-hybridized carbons (Fsp3) is 0.667. The Morgan fingerprint density at radius 3 is 2.70 bits per heavy atom. The Morgan fingerprint density at radius 1 is 1.30 bits per heavy atom. The molecule has 20 heavy (non-hydrogen) atoms. The van der Waals surface area contributed by atoms with Crippen LogP contribution in [0.15, 0.2) is 24.3 Å². The van der Waals surface area contributed by atoms with Crippen LogP contribution >= 0.6 is 0 Å². The standard InChI is InChI=1S/C18H27NO/c1-3-19-17(18(2)12-7-13-20-18)16-11-5-4-10-15(16)14-8-6-9-14/h4-5,10-11,14,17,19H,3,6-9,12-13H2,1-2H3. The smallest absolute Gasteiger partial charge is 0.0849 e. The zero-order chi connectivity index (χ0) is 14.0. The van der Waals surface area contributed by atoms with Crippen molar-refractivity contribution in [3.8, 4) is 0 Å². The van der Waals surface area contributed by atoms with E-state index in [0.29, 0.717) is 6.04 Å². The number of likely N-dealkylation sites (N-methyl/N-ethyl adjacent to an activating group) is 1. The maximum Gasteiger partial charge on any atom is 0.0849 e. The van der Waals surface area contributed by atoms with Crippen molar-refractivity contribution in [2.75, 3.05) is 13.2 Å². The third-order valence-corrected chi connectivity index (χ3v) is 5.12. The van der Waals surface area contributed by atoms with Gasteiger partial charge >= 0.3 is 0 Å². The van der Waals surface area contributed by atoms with Crippen molar-refractivity contribution in [1.82, 2.24) is 5.32 Å². The summed E-state index contributed by atoms with van der Waals surface area (Å²) < 4.78 is 6.13. The lowest BCUT2D eigenvalue weighted by atomic mass is 9.75. The first-order chi connectivity index (χ1) is 9.74. The van der Waals surface area contributed by atoms with E-state index in [2.05, 4.69) is 43.4 Å². The molecule has 1 saturated heterocycles. The van der Waals surface area contributed by atoms with Gasteiger partial charge in [0.05, 0.1) is 11.6 Å². The lowest BCUT2D eigenvalue weighted by molar-refractivity contribution is -0.0124. The van der Waals surface area contributed by atoms with E-state index in [9.17, 15) is 0 Å². The summed E-state index contributed by atoms with van der Waals surface area (Å²) in [5.41, 5.74) is 2.99. The van der Waals surface area contributed by atoms with Crippen LogP contribution in [0.2, 0.25) is 0 Å². The molecule has 1 saturated carbocycles. The summed E-state index contributed by atoms with van der Waals surface area (Å²) in [5.74, 6) is 0.775. The number of nitrogens with one attached hydrogen (secondary N) is 1. The molecule has 2 aliphatic rings. The lowest BCUT2D eigenvalue weighted by Gasteiger charge is -2.38. The lowest BCUT2D eigenvalue weighted by Crippen LogP contribution is -2.42. The highest BCUT2D eigenvalue weighted by atomic mass is 16.5. The molecule has 0 bridgehead atoms. The van der Waals surface area contributed by atoms with Crippen LogP contribution in [0.25, 0.3) is 0 Å². The van der Waals surface area contributed by atoms with Crippen LogP contribution in [0, 0.1) is 0 Å². The molecule has 1 heterocycles. The third kappa shape index (κ3) is 2.51. The molecule has 2 unspecified atom stereocenters. The maximum atomic E-state index is 6.13. The second-order valence-corrected chi connectivity index (χ2v) is 6.51. The Kier molecular flexibility index (Phi) is 4.13. The minimum Gasteiger partial charge on any atom is -0.373 e. The van der Waals surface area contributed by atoms with Gasteiger partial charge in [0.1, 0.15) is 0 Å². The average Bonchev–Trinajstić information content (AvgIpc) is 2.83. The second-order valence-electron chi connectivity index (χ2n) is 6.51. The van der Waals surface area contributed by atoms with Gasteiger partial charge in [-0.2, -0.15) is 0 Å². The number of rotatable bonds is 5. The van der Waals surface area contributed by atoms with Crippen molar-refractivity contribution in [2.45, 2.75) is 63.5 Å². The molecule has 0 amide bonds. The van der Waals surface area contributed by atoms with E-state index in [1.54, 1.807) is 5.56 Å². The van der Waals surface area contributed by atoms with Crippen LogP contribution < -0.4 is 5.32 Å². The van der Waals surface area contributed by atoms with Crippen LogP contribution in [0.4, 0.5) is 0 Å². The van der Waals surface area contributed by atoms with Crippen molar-refractivity contribution in [3.63, 3.8) is 0 Å². The fourth-order valence-electron chi connectivity index (χ4n) is 3.75. The Bertz CT molecular complexity index is 446. The minimum absolute atomic E-state index is 0.0458. The first kappa shape index (κ1) is 14.1.